The van der Waals surface area contributed by atoms with Gasteiger partial charge in [-0.2, -0.15) is 0 Å². The Morgan fingerprint density at radius 2 is 2.40 bits per heavy atom. The van der Waals surface area contributed by atoms with E-state index in [2.05, 4.69) is 16.5 Å². The summed E-state index contributed by atoms with van der Waals surface area (Å²) < 4.78 is 2.05. The second-order valence-electron chi connectivity index (χ2n) is 3.55. The number of rotatable bonds is 6. The molecule has 1 aromatic rings. The van der Waals surface area contributed by atoms with Crippen LogP contribution in [-0.2, 0) is 17.9 Å². The van der Waals surface area contributed by atoms with Crippen LogP contribution in [0.25, 0.3) is 0 Å². The van der Waals surface area contributed by atoms with Crippen molar-refractivity contribution >= 4 is 5.97 Å². The molecule has 1 heterocycles. The molecule has 5 heteroatoms. The highest BCUT2D eigenvalue weighted by atomic mass is 16.4. The van der Waals surface area contributed by atoms with Gasteiger partial charge in [-0.25, -0.2) is 4.98 Å². The lowest BCUT2D eigenvalue weighted by atomic mass is 10.3. The molecular weight excluding hydrogens is 194 g/mol. The molecule has 0 aromatic carbocycles. The molecule has 0 aliphatic heterocycles. The van der Waals surface area contributed by atoms with Crippen LogP contribution in [0.1, 0.15) is 19.0 Å². The fourth-order valence-electron chi connectivity index (χ4n) is 1.41. The lowest BCUT2D eigenvalue weighted by Crippen LogP contribution is -2.22. The molecule has 0 spiro atoms. The number of carboxylic acids is 1. The summed E-state index contributed by atoms with van der Waals surface area (Å²) in [5, 5.41) is 8.54. The summed E-state index contributed by atoms with van der Waals surface area (Å²) in [6, 6.07) is 0. The summed E-state index contributed by atoms with van der Waals surface area (Å²) >= 11 is 0. The number of aryl methyl sites for hydroxylation is 1. The molecule has 0 aliphatic carbocycles. The number of nitrogens with zero attached hydrogens (tertiary/aromatic N) is 3. The quantitative estimate of drug-likeness (QED) is 0.756. The molecule has 1 aromatic heterocycles. The number of aromatic nitrogens is 2. The van der Waals surface area contributed by atoms with Crippen molar-refractivity contribution in [2.24, 2.45) is 0 Å². The van der Waals surface area contributed by atoms with Gasteiger partial charge in [-0.15, -0.1) is 0 Å². The maximum atomic E-state index is 10.4. The number of carboxylic acid groups (broad SMARTS) is 1. The third kappa shape index (κ3) is 3.71. The van der Waals surface area contributed by atoms with Gasteiger partial charge < -0.3 is 9.67 Å². The number of aliphatic carboxylic acids is 1. The second-order valence-corrected chi connectivity index (χ2v) is 3.55. The second kappa shape index (κ2) is 5.50. The van der Waals surface area contributed by atoms with Gasteiger partial charge in [0.05, 0.1) is 18.4 Å². The zero-order chi connectivity index (χ0) is 11.3. The molecule has 0 saturated carbocycles. The first-order valence-corrected chi connectivity index (χ1v) is 5.02. The van der Waals surface area contributed by atoms with Gasteiger partial charge in [0.1, 0.15) is 0 Å². The van der Waals surface area contributed by atoms with Gasteiger partial charge in [-0.1, -0.05) is 0 Å². The lowest BCUT2D eigenvalue weighted by Gasteiger charge is -2.15. The summed E-state index contributed by atoms with van der Waals surface area (Å²) in [4.78, 5) is 16.4. The molecule has 0 saturated heterocycles. The van der Waals surface area contributed by atoms with Gasteiger partial charge in [0, 0.05) is 25.8 Å². The minimum atomic E-state index is -0.758. The van der Waals surface area contributed by atoms with Crippen LogP contribution in [0.2, 0.25) is 0 Å². The van der Waals surface area contributed by atoms with E-state index in [0.29, 0.717) is 6.54 Å². The van der Waals surface area contributed by atoms with E-state index >= 15 is 0 Å². The molecule has 0 aliphatic rings. The van der Waals surface area contributed by atoms with Crippen molar-refractivity contribution in [3.63, 3.8) is 0 Å². The third-order valence-electron chi connectivity index (χ3n) is 2.28. The van der Waals surface area contributed by atoms with E-state index in [1.165, 1.54) is 0 Å². The molecule has 84 valence electrons. The highest BCUT2D eigenvalue weighted by Gasteiger charge is 2.06. The number of carbonyl (C=O) groups is 1. The average Bonchev–Trinajstić information content (AvgIpc) is 2.62. The van der Waals surface area contributed by atoms with Crippen LogP contribution in [0.4, 0.5) is 0 Å². The molecule has 0 fully saturated rings. The van der Waals surface area contributed by atoms with Gasteiger partial charge in [-0.3, -0.25) is 9.69 Å². The van der Waals surface area contributed by atoms with Gasteiger partial charge >= 0.3 is 5.97 Å². The average molecular weight is 211 g/mol. The monoisotopic (exact) mass is 211 g/mol. The van der Waals surface area contributed by atoms with Gasteiger partial charge in [-0.05, 0) is 14.0 Å². The zero-order valence-electron chi connectivity index (χ0n) is 9.18. The predicted octanol–water partition coefficient (Wildman–Crippen LogP) is 0.809. The van der Waals surface area contributed by atoms with Crippen LogP contribution in [-0.4, -0.2) is 39.1 Å². The maximum Gasteiger partial charge on any atom is 0.304 e. The smallest absolute Gasteiger partial charge is 0.304 e. The Morgan fingerprint density at radius 3 is 3.00 bits per heavy atom. The Hall–Kier alpha value is -1.36. The fraction of sp³-hybridized carbons (Fsp3) is 0.600. The molecule has 0 unspecified atom stereocenters. The van der Waals surface area contributed by atoms with E-state index < -0.39 is 5.97 Å². The third-order valence-corrected chi connectivity index (χ3v) is 2.28. The largest absolute Gasteiger partial charge is 0.481 e. The van der Waals surface area contributed by atoms with Crippen molar-refractivity contribution in [3.05, 3.63) is 18.2 Å². The van der Waals surface area contributed by atoms with Crippen molar-refractivity contribution in [1.82, 2.24) is 14.5 Å². The molecule has 0 bridgehead atoms. The molecule has 0 radical (unpaired) electrons. The van der Waals surface area contributed by atoms with E-state index in [0.717, 1.165) is 18.8 Å². The molecule has 0 atom stereocenters. The molecule has 1 N–H and O–H groups in total. The van der Waals surface area contributed by atoms with E-state index in [1.807, 2.05) is 18.1 Å². The molecule has 5 nitrogen and oxygen atoms in total. The first kappa shape index (κ1) is 11.7. The normalized spacial score (nSPS) is 10.9. The number of hydrogen-bond donors (Lipinski definition) is 1. The van der Waals surface area contributed by atoms with Crippen molar-refractivity contribution in [2.45, 2.75) is 26.4 Å². The zero-order valence-corrected chi connectivity index (χ0v) is 9.18. The Labute approximate surface area is 89.3 Å². The van der Waals surface area contributed by atoms with Crippen molar-refractivity contribution in [2.75, 3.05) is 13.6 Å². The molecule has 15 heavy (non-hydrogen) atoms. The van der Waals surface area contributed by atoms with Crippen molar-refractivity contribution < 1.29 is 9.90 Å². The summed E-state index contributed by atoms with van der Waals surface area (Å²) in [5.74, 6) is -0.758. The molecular formula is C10H17N3O2. The minimum absolute atomic E-state index is 0.177. The maximum absolute atomic E-state index is 10.4. The van der Waals surface area contributed by atoms with E-state index in [1.54, 1.807) is 6.33 Å². The SMILES string of the molecule is CCn1cncc1CN(C)CCC(=O)O. The summed E-state index contributed by atoms with van der Waals surface area (Å²) in [5.41, 5.74) is 1.12. The van der Waals surface area contributed by atoms with Crippen molar-refractivity contribution in [3.8, 4) is 0 Å². The summed E-state index contributed by atoms with van der Waals surface area (Å²) in [7, 11) is 1.91. The van der Waals surface area contributed by atoms with Crippen LogP contribution in [0.3, 0.4) is 0 Å². The van der Waals surface area contributed by atoms with Crippen LogP contribution in [0.5, 0.6) is 0 Å². The van der Waals surface area contributed by atoms with E-state index in [-0.39, 0.29) is 6.42 Å². The Morgan fingerprint density at radius 1 is 1.67 bits per heavy atom. The number of hydrogen-bond acceptors (Lipinski definition) is 3. The standard InChI is InChI=1S/C10H17N3O2/c1-3-13-8-11-6-9(13)7-12(2)5-4-10(14)15/h6,8H,3-5,7H2,1-2H3,(H,14,15). The Balaban J connectivity index is 2.43. The number of imidazole rings is 1. The summed E-state index contributed by atoms with van der Waals surface area (Å²) in [6.07, 6.45) is 3.79. The van der Waals surface area contributed by atoms with E-state index in [4.69, 9.17) is 5.11 Å². The fourth-order valence-corrected chi connectivity index (χ4v) is 1.41. The van der Waals surface area contributed by atoms with Crippen molar-refractivity contribution in [1.29, 1.82) is 0 Å². The Kier molecular flexibility index (Phi) is 4.30. The molecule has 0 amide bonds. The topological polar surface area (TPSA) is 58.4 Å². The lowest BCUT2D eigenvalue weighted by molar-refractivity contribution is -0.137. The van der Waals surface area contributed by atoms with Crippen LogP contribution < -0.4 is 0 Å². The van der Waals surface area contributed by atoms with E-state index in [9.17, 15) is 4.79 Å². The van der Waals surface area contributed by atoms with Gasteiger partial charge in [0.15, 0.2) is 0 Å². The van der Waals surface area contributed by atoms with Crippen LogP contribution >= 0.6 is 0 Å². The predicted molar refractivity (Wildman–Crippen MR) is 56.5 cm³/mol. The highest BCUT2D eigenvalue weighted by Crippen LogP contribution is 2.03. The highest BCUT2D eigenvalue weighted by molar-refractivity contribution is 5.66. The summed E-state index contributed by atoms with van der Waals surface area (Å²) in [6.45, 7) is 4.25. The molecule has 1 rings (SSSR count). The van der Waals surface area contributed by atoms with Crippen LogP contribution in [0.15, 0.2) is 12.5 Å². The first-order valence-electron chi connectivity index (χ1n) is 5.02. The first-order chi connectivity index (χ1) is 7.13. The Bertz CT molecular complexity index is 322. The van der Waals surface area contributed by atoms with Gasteiger partial charge in [0.2, 0.25) is 0 Å². The minimum Gasteiger partial charge on any atom is -0.481 e. The van der Waals surface area contributed by atoms with Crippen LogP contribution in [0, 0.1) is 0 Å². The van der Waals surface area contributed by atoms with Gasteiger partial charge in [0.25, 0.3) is 0 Å².